The van der Waals surface area contributed by atoms with E-state index in [0.717, 1.165) is 37.9 Å². The van der Waals surface area contributed by atoms with Crippen molar-refractivity contribution in [3.63, 3.8) is 0 Å². The number of hydrogen-bond donors (Lipinski definition) is 2. The van der Waals surface area contributed by atoms with E-state index in [1.807, 2.05) is 19.1 Å². The molecule has 22 heavy (non-hydrogen) atoms. The number of aliphatic hydroxyl groups is 1. The van der Waals surface area contributed by atoms with Crippen molar-refractivity contribution in [2.24, 2.45) is 5.92 Å². The third kappa shape index (κ3) is 2.75. The maximum atomic E-state index is 10.5. The number of benzene rings is 1. The van der Waals surface area contributed by atoms with Gasteiger partial charge in [0.2, 0.25) is 0 Å². The van der Waals surface area contributed by atoms with Gasteiger partial charge in [0, 0.05) is 6.04 Å². The molecule has 2 atom stereocenters. The second-order valence-corrected chi connectivity index (χ2v) is 6.28. The Kier molecular flexibility index (Phi) is 4.45. The van der Waals surface area contributed by atoms with Gasteiger partial charge in [-0.25, -0.2) is 0 Å². The fraction of sp³-hybridized carbons (Fsp3) is 0.647. The fourth-order valence-corrected chi connectivity index (χ4v) is 3.87. The van der Waals surface area contributed by atoms with Crippen LogP contribution < -0.4 is 15.2 Å². The monoisotopic (exact) mass is 306 g/mol. The number of rotatable bonds is 5. The van der Waals surface area contributed by atoms with E-state index in [2.05, 4.69) is 4.90 Å². The Morgan fingerprint density at radius 1 is 1.32 bits per heavy atom. The molecule has 0 radical (unpaired) electrons. The van der Waals surface area contributed by atoms with Gasteiger partial charge in [0.15, 0.2) is 11.5 Å². The Bertz CT molecular complexity index is 525. The second kappa shape index (κ2) is 6.34. The average molecular weight is 306 g/mol. The summed E-state index contributed by atoms with van der Waals surface area (Å²) >= 11 is 0. The summed E-state index contributed by atoms with van der Waals surface area (Å²) in [6.07, 6.45) is 2.80. The number of nitrogen functional groups attached to an aromatic ring is 1. The summed E-state index contributed by atoms with van der Waals surface area (Å²) < 4.78 is 11.0. The molecule has 5 heteroatoms. The van der Waals surface area contributed by atoms with Gasteiger partial charge in [-0.2, -0.15) is 0 Å². The molecule has 5 nitrogen and oxygen atoms in total. The zero-order valence-corrected chi connectivity index (χ0v) is 13.4. The lowest BCUT2D eigenvalue weighted by molar-refractivity contribution is -0.0715. The van der Waals surface area contributed by atoms with Crippen molar-refractivity contribution in [1.82, 2.24) is 4.90 Å². The minimum atomic E-state index is -0.235. The first-order valence-electron chi connectivity index (χ1n) is 8.15. The SMILES string of the molecule is CCOc1c(N)cc(CC2C(O)C3CCN2CC3)cc1OC. The van der Waals surface area contributed by atoms with Crippen LogP contribution in [0, 0.1) is 5.92 Å². The quantitative estimate of drug-likeness (QED) is 0.810. The predicted octanol–water partition coefficient (Wildman–Crippen LogP) is 1.67. The van der Waals surface area contributed by atoms with Crippen molar-refractivity contribution >= 4 is 5.69 Å². The molecule has 1 aromatic carbocycles. The van der Waals surface area contributed by atoms with Crippen molar-refractivity contribution in [2.75, 3.05) is 32.5 Å². The maximum absolute atomic E-state index is 10.5. The van der Waals surface area contributed by atoms with Gasteiger partial charge in [-0.15, -0.1) is 0 Å². The number of nitrogens with zero attached hydrogens (tertiary/aromatic N) is 1. The number of methoxy groups -OCH3 is 1. The highest BCUT2D eigenvalue weighted by atomic mass is 16.5. The van der Waals surface area contributed by atoms with Crippen LogP contribution in [-0.4, -0.2) is 49.0 Å². The van der Waals surface area contributed by atoms with Crippen LogP contribution in [0.4, 0.5) is 5.69 Å². The van der Waals surface area contributed by atoms with Crippen molar-refractivity contribution < 1.29 is 14.6 Å². The summed E-state index contributed by atoms with van der Waals surface area (Å²) in [5.74, 6) is 1.74. The molecule has 3 fully saturated rings. The minimum absolute atomic E-state index is 0.189. The standard InChI is InChI=1S/C17H26N2O3/c1-3-22-17-13(18)8-11(10-15(17)21-2)9-14-16(20)12-4-6-19(14)7-5-12/h8,10,12,14,16,20H,3-7,9,18H2,1-2H3. The van der Waals surface area contributed by atoms with E-state index in [9.17, 15) is 5.11 Å². The van der Waals surface area contributed by atoms with Crippen molar-refractivity contribution in [2.45, 2.75) is 38.3 Å². The Balaban J connectivity index is 1.82. The van der Waals surface area contributed by atoms with Gasteiger partial charge in [-0.1, -0.05) is 0 Å². The average Bonchev–Trinajstić information content (AvgIpc) is 2.53. The normalized spacial score (nSPS) is 30.3. The molecule has 0 amide bonds. The van der Waals surface area contributed by atoms with E-state index >= 15 is 0 Å². The first kappa shape index (κ1) is 15.4. The Morgan fingerprint density at radius 3 is 2.64 bits per heavy atom. The molecule has 1 aromatic rings. The lowest BCUT2D eigenvalue weighted by Gasteiger charge is -2.49. The number of nitrogens with two attached hydrogens (primary N) is 1. The highest BCUT2D eigenvalue weighted by Gasteiger charge is 2.41. The first-order valence-corrected chi connectivity index (χ1v) is 8.15. The largest absolute Gasteiger partial charge is 0.493 e. The van der Waals surface area contributed by atoms with Gasteiger partial charge >= 0.3 is 0 Å². The predicted molar refractivity (Wildman–Crippen MR) is 86.4 cm³/mol. The number of fused-ring (bicyclic) bond motifs is 3. The molecular weight excluding hydrogens is 280 g/mol. The molecule has 0 aliphatic carbocycles. The van der Waals surface area contributed by atoms with Gasteiger partial charge in [0.1, 0.15) is 0 Å². The summed E-state index contributed by atoms with van der Waals surface area (Å²) in [4.78, 5) is 2.41. The second-order valence-electron chi connectivity index (χ2n) is 6.28. The van der Waals surface area contributed by atoms with Crippen LogP contribution >= 0.6 is 0 Å². The van der Waals surface area contributed by atoms with E-state index in [4.69, 9.17) is 15.2 Å². The van der Waals surface area contributed by atoms with Gasteiger partial charge in [0.25, 0.3) is 0 Å². The molecule has 2 unspecified atom stereocenters. The lowest BCUT2D eigenvalue weighted by atomic mass is 9.78. The van der Waals surface area contributed by atoms with E-state index in [-0.39, 0.29) is 12.1 Å². The van der Waals surface area contributed by atoms with E-state index in [1.165, 1.54) is 0 Å². The summed E-state index contributed by atoms with van der Waals surface area (Å²) in [5, 5.41) is 10.5. The van der Waals surface area contributed by atoms with Crippen LogP contribution in [0.5, 0.6) is 11.5 Å². The number of aliphatic hydroxyl groups excluding tert-OH is 1. The number of hydrogen-bond acceptors (Lipinski definition) is 5. The van der Waals surface area contributed by atoms with Crippen LogP contribution in [0.3, 0.4) is 0 Å². The molecule has 122 valence electrons. The third-order valence-corrected chi connectivity index (χ3v) is 5.02. The smallest absolute Gasteiger partial charge is 0.184 e. The molecule has 3 N–H and O–H groups in total. The van der Waals surface area contributed by atoms with Crippen LogP contribution in [-0.2, 0) is 6.42 Å². The summed E-state index contributed by atoms with van der Waals surface area (Å²) in [5.41, 5.74) is 7.81. The first-order chi connectivity index (χ1) is 10.6. The zero-order valence-electron chi connectivity index (χ0n) is 13.4. The number of ether oxygens (including phenoxy) is 2. The lowest BCUT2D eigenvalue weighted by Crippen LogP contribution is -2.58. The van der Waals surface area contributed by atoms with Crippen molar-refractivity contribution in [3.05, 3.63) is 17.7 Å². The number of anilines is 1. The van der Waals surface area contributed by atoms with E-state index < -0.39 is 0 Å². The molecule has 4 rings (SSSR count). The Hall–Kier alpha value is -1.46. The maximum Gasteiger partial charge on any atom is 0.184 e. The van der Waals surface area contributed by atoms with Crippen LogP contribution in [0.1, 0.15) is 25.3 Å². The molecule has 3 aliphatic heterocycles. The topological polar surface area (TPSA) is 68.0 Å². The molecule has 0 spiro atoms. The van der Waals surface area contributed by atoms with Gasteiger partial charge < -0.3 is 20.3 Å². The molecule has 3 heterocycles. The van der Waals surface area contributed by atoms with Crippen LogP contribution in [0.15, 0.2) is 12.1 Å². The van der Waals surface area contributed by atoms with Gasteiger partial charge in [-0.3, -0.25) is 4.90 Å². The molecular formula is C17H26N2O3. The van der Waals surface area contributed by atoms with E-state index in [0.29, 0.717) is 29.7 Å². The molecule has 0 aromatic heterocycles. The van der Waals surface area contributed by atoms with Crippen LogP contribution in [0.2, 0.25) is 0 Å². The van der Waals surface area contributed by atoms with Crippen LogP contribution in [0.25, 0.3) is 0 Å². The van der Waals surface area contributed by atoms with Gasteiger partial charge in [-0.05, 0) is 62.9 Å². The van der Waals surface area contributed by atoms with Crippen molar-refractivity contribution in [3.8, 4) is 11.5 Å². The molecule has 0 saturated carbocycles. The summed E-state index contributed by atoms with van der Waals surface area (Å²) in [7, 11) is 1.63. The highest BCUT2D eigenvalue weighted by Crippen LogP contribution is 2.38. The molecule has 3 aliphatic rings. The Labute approximate surface area is 132 Å². The summed E-state index contributed by atoms with van der Waals surface area (Å²) in [6, 6.07) is 4.12. The van der Waals surface area contributed by atoms with Gasteiger partial charge in [0.05, 0.1) is 25.5 Å². The minimum Gasteiger partial charge on any atom is -0.493 e. The summed E-state index contributed by atoms with van der Waals surface area (Å²) in [6.45, 7) is 4.66. The third-order valence-electron chi connectivity index (χ3n) is 5.02. The molecule has 3 saturated heterocycles. The fourth-order valence-electron chi connectivity index (χ4n) is 3.87. The van der Waals surface area contributed by atoms with Crippen molar-refractivity contribution in [1.29, 1.82) is 0 Å². The highest BCUT2D eigenvalue weighted by molar-refractivity contribution is 5.62. The zero-order chi connectivity index (χ0) is 15.7. The van der Waals surface area contributed by atoms with E-state index in [1.54, 1.807) is 7.11 Å². The molecule has 2 bridgehead atoms. The Morgan fingerprint density at radius 2 is 2.05 bits per heavy atom. The number of piperidine rings is 3.